The van der Waals surface area contributed by atoms with Crippen LogP contribution in [0.5, 0.6) is 11.5 Å². The van der Waals surface area contributed by atoms with Crippen LogP contribution in [0.1, 0.15) is 0 Å². The van der Waals surface area contributed by atoms with E-state index in [0.29, 0.717) is 47.9 Å². The van der Waals surface area contributed by atoms with Crippen LogP contribution >= 0.6 is 0 Å². The number of nitrogen functional groups attached to an aromatic ring is 1. The van der Waals surface area contributed by atoms with Crippen LogP contribution in [0, 0.1) is 0 Å². The maximum atomic E-state index is 12.0. The van der Waals surface area contributed by atoms with Crippen LogP contribution in [0.2, 0.25) is 0 Å². The summed E-state index contributed by atoms with van der Waals surface area (Å²) in [5.74, 6) is 1.68. The Labute approximate surface area is 197 Å². The number of likely N-dealkylation sites (N-methyl/N-ethyl adjacent to an activating group) is 1. The van der Waals surface area contributed by atoms with Crippen LogP contribution in [0.25, 0.3) is 22.3 Å². The molecule has 0 aliphatic rings. The van der Waals surface area contributed by atoms with Gasteiger partial charge in [0.05, 0.1) is 11.9 Å². The van der Waals surface area contributed by atoms with E-state index in [0.717, 1.165) is 11.3 Å². The number of carbonyl (C=O) groups is 1. The van der Waals surface area contributed by atoms with Crippen molar-refractivity contribution in [3.8, 4) is 22.8 Å². The van der Waals surface area contributed by atoms with Gasteiger partial charge in [-0.1, -0.05) is 24.3 Å². The molecule has 2 heterocycles. The van der Waals surface area contributed by atoms with Gasteiger partial charge < -0.3 is 20.7 Å². The second kappa shape index (κ2) is 10.6. The van der Waals surface area contributed by atoms with Crippen molar-refractivity contribution in [3.63, 3.8) is 0 Å². The molecule has 0 bridgehead atoms. The second-order valence-corrected chi connectivity index (χ2v) is 7.92. The molecule has 0 atom stereocenters. The van der Waals surface area contributed by atoms with Gasteiger partial charge in [-0.3, -0.25) is 4.79 Å². The molecule has 0 aliphatic carbocycles. The Hall–Kier alpha value is -4.24. The van der Waals surface area contributed by atoms with E-state index in [1.165, 1.54) is 12.4 Å². The molecule has 4 rings (SSSR count). The highest BCUT2D eigenvalue weighted by molar-refractivity contribution is 5.98. The van der Waals surface area contributed by atoms with Crippen molar-refractivity contribution < 1.29 is 9.53 Å². The largest absolute Gasteiger partial charge is 0.457 e. The normalized spacial score (nSPS) is 11.4. The molecule has 0 radical (unpaired) electrons. The average Bonchev–Trinajstić information content (AvgIpc) is 3.20. The number of hydrogen-bond donors (Lipinski definition) is 2. The molecule has 0 saturated heterocycles. The number of nitrogens with two attached hydrogens (primary N) is 1. The molecule has 2 aromatic carbocycles. The molecule has 0 aliphatic heterocycles. The fraction of sp³-hybridized carbons (Fsp3) is 0.200. The lowest BCUT2D eigenvalue weighted by molar-refractivity contribution is -0.116. The highest BCUT2D eigenvalue weighted by Crippen LogP contribution is 2.31. The number of anilines is 1. The van der Waals surface area contributed by atoms with E-state index < -0.39 is 0 Å². The Morgan fingerprint density at radius 1 is 1.09 bits per heavy atom. The number of carbonyl (C=O) groups excluding carboxylic acids is 1. The fourth-order valence-electron chi connectivity index (χ4n) is 3.41. The summed E-state index contributed by atoms with van der Waals surface area (Å²) >= 11 is 0. The van der Waals surface area contributed by atoms with Crippen molar-refractivity contribution >= 4 is 22.8 Å². The Morgan fingerprint density at radius 3 is 2.56 bits per heavy atom. The first kappa shape index (κ1) is 22.9. The lowest BCUT2D eigenvalue weighted by Gasteiger charge is -2.06. The number of nitrogens with zero attached hydrogens (tertiary/aromatic N) is 5. The zero-order valence-electron chi connectivity index (χ0n) is 19.2. The molecule has 1 amide bonds. The molecule has 9 nitrogen and oxygen atoms in total. The van der Waals surface area contributed by atoms with E-state index in [1.807, 2.05) is 79.7 Å². The van der Waals surface area contributed by atoms with E-state index in [-0.39, 0.29) is 5.91 Å². The molecule has 3 N–H and O–H groups in total. The first-order valence-electron chi connectivity index (χ1n) is 10.9. The van der Waals surface area contributed by atoms with Gasteiger partial charge in [0.15, 0.2) is 5.65 Å². The van der Waals surface area contributed by atoms with E-state index in [4.69, 9.17) is 15.6 Å². The van der Waals surface area contributed by atoms with Crippen molar-refractivity contribution in [1.29, 1.82) is 0 Å². The van der Waals surface area contributed by atoms with Crippen molar-refractivity contribution in [1.82, 2.24) is 30.0 Å². The zero-order valence-corrected chi connectivity index (χ0v) is 19.2. The maximum Gasteiger partial charge on any atom is 0.243 e. The van der Waals surface area contributed by atoms with E-state index >= 15 is 0 Å². The molecule has 9 heteroatoms. The number of hydrogen-bond acceptors (Lipinski definition) is 7. The van der Waals surface area contributed by atoms with Crippen molar-refractivity contribution in [2.45, 2.75) is 6.54 Å². The predicted octanol–water partition coefficient (Wildman–Crippen LogP) is 3.10. The lowest BCUT2D eigenvalue weighted by atomic mass is 10.1. The lowest BCUT2D eigenvalue weighted by Crippen LogP contribution is -2.26. The monoisotopic (exact) mass is 457 g/mol. The van der Waals surface area contributed by atoms with Crippen LogP contribution in [0.15, 0.2) is 73.1 Å². The summed E-state index contributed by atoms with van der Waals surface area (Å²) in [4.78, 5) is 22.5. The van der Waals surface area contributed by atoms with Crippen molar-refractivity contribution in [2.24, 2.45) is 0 Å². The van der Waals surface area contributed by atoms with Gasteiger partial charge in [-0.25, -0.2) is 14.6 Å². The van der Waals surface area contributed by atoms with Gasteiger partial charge in [0.25, 0.3) is 0 Å². The average molecular weight is 458 g/mol. The molecule has 0 fully saturated rings. The standard InChI is InChI=1S/C25H27N7O2/c1-31(2)15-6-9-21(33)27-14-16-32-25-22(24(26)28-17-29-25)23(30-32)18-10-12-20(13-11-18)34-19-7-4-3-5-8-19/h3-13,17H,14-16H2,1-2H3,(H,27,33)(H2,26,28,29)/b9-6+. The van der Waals surface area contributed by atoms with Gasteiger partial charge in [0.2, 0.25) is 5.91 Å². The Balaban J connectivity index is 1.51. The van der Waals surface area contributed by atoms with E-state index in [9.17, 15) is 4.79 Å². The highest BCUT2D eigenvalue weighted by atomic mass is 16.5. The van der Waals surface area contributed by atoms with E-state index in [1.54, 1.807) is 4.68 Å². The Morgan fingerprint density at radius 2 is 1.82 bits per heavy atom. The molecule has 174 valence electrons. The zero-order chi connectivity index (χ0) is 23.9. The summed E-state index contributed by atoms with van der Waals surface area (Å²) < 4.78 is 7.62. The summed E-state index contributed by atoms with van der Waals surface area (Å²) in [5, 5.41) is 8.28. The van der Waals surface area contributed by atoms with Crippen LogP contribution < -0.4 is 15.8 Å². The summed E-state index contributed by atoms with van der Waals surface area (Å²) in [5.41, 5.74) is 8.34. The molecule has 0 saturated carbocycles. The Bertz CT molecular complexity index is 1280. The molecular weight excluding hydrogens is 430 g/mol. The summed E-state index contributed by atoms with van der Waals surface area (Å²) in [6.07, 6.45) is 4.76. The van der Waals surface area contributed by atoms with Crippen molar-refractivity contribution in [3.05, 3.63) is 73.1 Å². The first-order valence-corrected chi connectivity index (χ1v) is 10.9. The molecule has 0 unspecified atom stereocenters. The topological polar surface area (TPSA) is 111 Å². The number of benzene rings is 2. The fourth-order valence-corrected chi connectivity index (χ4v) is 3.41. The number of aromatic nitrogens is 4. The minimum absolute atomic E-state index is 0.151. The number of amides is 1. The van der Waals surface area contributed by atoms with Gasteiger partial charge in [-0.2, -0.15) is 5.10 Å². The number of rotatable bonds is 9. The highest BCUT2D eigenvalue weighted by Gasteiger charge is 2.17. The third kappa shape index (κ3) is 5.57. The van der Waals surface area contributed by atoms with Gasteiger partial charge in [-0.15, -0.1) is 0 Å². The summed E-state index contributed by atoms with van der Waals surface area (Å²) in [7, 11) is 3.89. The van der Waals surface area contributed by atoms with Gasteiger partial charge >= 0.3 is 0 Å². The minimum Gasteiger partial charge on any atom is -0.457 e. The Kier molecular flexibility index (Phi) is 7.14. The van der Waals surface area contributed by atoms with Gasteiger partial charge in [0, 0.05) is 24.7 Å². The van der Waals surface area contributed by atoms with Crippen LogP contribution in [0.3, 0.4) is 0 Å². The maximum absolute atomic E-state index is 12.0. The molecule has 4 aromatic rings. The molecule has 34 heavy (non-hydrogen) atoms. The summed E-state index contributed by atoms with van der Waals surface area (Å²) in [6.45, 7) is 1.54. The molecular formula is C25H27N7O2. The third-order valence-electron chi connectivity index (χ3n) is 5.03. The minimum atomic E-state index is -0.151. The van der Waals surface area contributed by atoms with Gasteiger partial charge in [-0.05, 0) is 50.5 Å². The second-order valence-electron chi connectivity index (χ2n) is 7.92. The quantitative estimate of drug-likeness (QED) is 0.372. The number of para-hydroxylation sites is 1. The van der Waals surface area contributed by atoms with Gasteiger partial charge in [0.1, 0.15) is 29.3 Å². The third-order valence-corrected chi connectivity index (χ3v) is 5.03. The van der Waals surface area contributed by atoms with Crippen LogP contribution in [-0.4, -0.2) is 57.7 Å². The first-order chi connectivity index (χ1) is 16.5. The predicted molar refractivity (Wildman–Crippen MR) is 132 cm³/mol. The van der Waals surface area contributed by atoms with Crippen LogP contribution in [0.4, 0.5) is 5.82 Å². The van der Waals surface area contributed by atoms with Crippen molar-refractivity contribution in [2.75, 3.05) is 32.9 Å². The summed E-state index contributed by atoms with van der Waals surface area (Å²) in [6, 6.07) is 17.2. The molecule has 0 spiro atoms. The smallest absolute Gasteiger partial charge is 0.243 e. The number of fused-ring (bicyclic) bond motifs is 1. The SMILES string of the molecule is CN(C)C/C=C/C(=O)NCCn1nc(-c2ccc(Oc3ccccc3)cc2)c2c(N)ncnc21. The van der Waals surface area contributed by atoms with Crippen LogP contribution in [-0.2, 0) is 11.3 Å². The van der Waals surface area contributed by atoms with E-state index in [2.05, 4.69) is 15.3 Å². The number of nitrogens with one attached hydrogen (secondary N) is 1. The number of ether oxygens (including phenoxy) is 1. The molecule has 2 aromatic heterocycles.